The Morgan fingerprint density at radius 3 is 1.88 bits per heavy atom. The van der Waals surface area contributed by atoms with E-state index in [0.29, 0.717) is 17.5 Å². The SMILES string of the molecule is C=Cc1c(C=C)n(-c2ccc3oc4ccc(-c5nc(-c6ccccc6)nc(-c6ccccc6)n5)cc4c3c2)c2ccc(-c3ccc4sc5cc6c7c(cccc7c5c4c3)C(/C=C\C)=C6CC)cc12. The highest BCUT2D eigenvalue weighted by Gasteiger charge is 2.25. The van der Waals surface area contributed by atoms with Gasteiger partial charge in [0.15, 0.2) is 17.5 Å². The van der Waals surface area contributed by atoms with Crippen molar-refractivity contribution in [3.63, 3.8) is 0 Å². The molecule has 0 unspecified atom stereocenters. The Balaban J connectivity index is 0.927. The third-order valence-electron chi connectivity index (χ3n) is 13.7. The van der Waals surface area contributed by atoms with Crippen LogP contribution in [0.2, 0.25) is 0 Å². The maximum atomic E-state index is 6.47. The van der Waals surface area contributed by atoms with Crippen LogP contribution in [-0.4, -0.2) is 19.5 Å². The molecular weight excluding hydrogens is 849 g/mol. The fourth-order valence-corrected chi connectivity index (χ4v) is 11.8. The van der Waals surface area contributed by atoms with Gasteiger partial charge in [0.25, 0.3) is 0 Å². The minimum atomic E-state index is 0.594. The van der Waals surface area contributed by atoms with Gasteiger partial charge in [0.05, 0.1) is 11.2 Å². The molecule has 0 amide bonds. The van der Waals surface area contributed by atoms with E-state index in [1.807, 2.05) is 96.3 Å². The van der Waals surface area contributed by atoms with E-state index in [1.54, 1.807) is 0 Å². The summed E-state index contributed by atoms with van der Waals surface area (Å²) in [5.41, 5.74) is 16.3. The highest BCUT2D eigenvalue weighted by molar-refractivity contribution is 7.26. The van der Waals surface area contributed by atoms with Gasteiger partial charge in [0, 0.05) is 64.3 Å². The Hall–Kier alpha value is -8.45. The highest BCUT2D eigenvalue weighted by Crippen LogP contribution is 2.50. The first-order valence-electron chi connectivity index (χ1n) is 23.1. The summed E-state index contributed by atoms with van der Waals surface area (Å²) in [5, 5.41) is 8.43. The summed E-state index contributed by atoms with van der Waals surface area (Å²) >= 11 is 1.89. The maximum Gasteiger partial charge on any atom is 0.164 e. The van der Waals surface area contributed by atoms with Gasteiger partial charge in [-0.3, -0.25) is 0 Å². The third-order valence-corrected chi connectivity index (χ3v) is 14.8. The van der Waals surface area contributed by atoms with Crippen LogP contribution >= 0.6 is 11.3 Å². The smallest absolute Gasteiger partial charge is 0.164 e. The van der Waals surface area contributed by atoms with Crippen molar-refractivity contribution >= 4 is 98.4 Å². The molecule has 4 aromatic heterocycles. The van der Waals surface area contributed by atoms with Crippen molar-refractivity contribution in [1.82, 2.24) is 19.5 Å². The molecule has 0 fully saturated rings. The van der Waals surface area contributed by atoms with E-state index in [4.69, 9.17) is 19.4 Å². The molecule has 4 heterocycles. The number of allylic oxidation sites excluding steroid dienone is 4. The predicted molar refractivity (Wildman–Crippen MR) is 288 cm³/mol. The van der Waals surface area contributed by atoms with Crippen molar-refractivity contribution in [2.24, 2.45) is 0 Å². The molecule has 1 aliphatic carbocycles. The van der Waals surface area contributed by atoms with Crippen molar-refractivity contribution in [3.05, 3.63) is 205 Å². The number of benzene rings is 8. The van der Waals surface area contributed by atoms with Gasteiger partial charge in [-0.25, -0.2) is 15.0 Å². The van der Waals surface area contributed by atoms with Crippen LogP contribution in [0.4, 0.5) is 0 Å². The standard InChI is InChI=1S/C62H42N4OS/c1-5-16-44-42(6-2)50-35-57-59(46-22-15-21-45(44)58(46)50)51-32-39(25-30-56(51)68-57)38-23-27-53-47(31-38)43(7-3)52(8-4)66(53)41-26-29-55-49(34-41)48-33-40(24-28-54(48)67-55)62-64-60(36-17-11-9-12-18-36)63-61(65-62)37-19-13-10-14-20-37/h5,7-35H,3-4,6H2,1-2H3/b16-5-. The Bertz CT molecular complexity index is 4110. The summed E-state index contributed by atoms with van der Waals surface area (Å²) in [4.78, 5) is 14.9. The highest BCUT2D eigenvalue weighted by atomic mass is 32.1. The molecule has 0 bridgehead atoms. The van der Waals surface area contributed by atoms with Crippen LogP contribution in [0.3, 0.4) is 0 Å². The van der Waals surface area contributed by atoms with Crippen molar-refractivity contribution in [3.8, 4) is 51.0 Å². The number of hydrogen-bond acceptors (Lipinski definition) is 5. The molecule has 0 spiro atoms. The van der Waals surface area contributed by atoms with Crippen LogP contribution in [-0.2, 0) is 0 Å². The van der Waals surface area contributed by atoms with E-state index in [2.05, 4.69) is 129 Å². The zero-order chi connectivity index (χ0) is 45.6. The number of furan rings is 1. The average Bonchev–Trinajstić information content (AvgIpc) is 4.13. The zero-order valence-electron chi connectivity index (χ0n) is 37.5. The van der Waals surface area contributed by atoms with Gasteiger partial charge in [-0.05, 0) is 130 Å². The lowest BCUT2D eigenvalue weighted by Gasteiger charge is -2.10. The monoisotopic (exact) mass is 890 g/mol. The topological polar surface area (TPSA) is 56.7 Å². The number of hydrogen-bond donors (Lipinski definition) is 0. The fourth-order valence-electron chi connectivity index (χ4n) is 10.6. The molecule has 0 radical (unpaired) electrons. The third kappa shape index (κ3) is 6.04. The first kappa shape index (κ1) is 39.9. The molecule has 322 valence electrons. The van der Waals surface area contributed by atoms with Gasteiger partial charge in [0.2, 0.25) is 0 Å². The largest absolute Gasteiger partial charge is 0.456 e. The van der Waals surface area contributed by atoms with Gasteiger partial charge >= 0.3 is 0 Å². The van der Waals surface area contributed by atoms with Crippen LogP contribution in [0.15, 0.2) is 187 Å². The molecule has 13 rings (SSSR count). The van der Waals surface area contributed by atoms with E-state index in [-0.39, 0.29) is 0 Å². The summed E-state index contributed by atoms with van der Waals surface area (Å²) in [6, 6.07) is 55.7. The molecule has 68 heavy (non-hydrogen) atoms. The van der Waals surface area contributed by atoms with Crippen LogP contribution in [0.1, 0.15) is 42.7 Å². The molecule has 0 saturated heterocycles. The fraction of sp³-hybridized carbons (Fsp3) is 0.0484. The second-order valence-corrected chi connectivity index (χ2v) is 18.5. The molecule has 8 aromatic carbocycles. The Kier molecular flexibility index (Phi) is 9.14. The maximum absolute atomic E-state index is 6.47. The summed E-state index contributed by atoms with van der Waals surface area (Å²) in [6.45, 7) is 13.0. The van der Waals surface area contributed by atoms with Gasteiger partial charge in [0.1, 0.15) is 11.2 Å². The van der Waals surface area contributed by atoms with Crippen molar-refractivity contribution in [2.75, 3.05) is 0 Å². The van der Waals surface area contributed by atoms with Crippen LogP contribution < -0.4 is 0 Å². The predicted octanol–water partition coefficient (Wildman–Crippen LogP) is 17.4. The first-order valence-corrected chi connectivity index (χ1v) is 23.9. The Labute approximate surface area is 397 Å². The number of rotatable bonds is 9. The van der Waals surface area contributed by atoms with Crippen LogP contribution in [0.5, 0.6) is 0 Å². The second kappa shape index (κ2) is 15.6. The van der Waals surface area contributed by atoms with E-state index in [9.17, 15) is 0 Å². The number of thiophene rings is 1. The summed E-state index contributed by atoms with van der Waals surface area (Å²) in [7, 11) is 0. The molecule has 0 atom stereocenters. The van der Waals surface area contributed by atoms with Gasteiger partial charge in [-0.15, -0.1) is 11.3 Å². The number of fused-ring (bicyclic) bond motifs is 8. The van der Waals surface area contributed by atoms with Crippen LogP contribution in [0, 0.1) is 0 Å². The van der Waals surface area contributed by atoms with E-state index in [0.717, 1.165) is 78.5 Å². The van der Waals surface area contributed by atoms with Gasteiger partial charge < -0.3 is 8.98 Å². The summed E-state index contributed by atoms with van der Waals surface area (Å²) < 4.78 is 11.4. The first-order chi connectivity index (χ1) is 33.5. The average molecular weight is 891 g/mol. The molecular formula is C62H42N4OS. The number of nitrogens with zero attached hydrogens (tertiary/aromatic N) is 4. The number of aromatic nitrogens is 4. The molecule has 0 N–H and O–H groups in total. The molecule has 12 aromatic rings. The van der Waals surface area contributed by atoms with Gasteiger partial charge in [-0.1, -0.05) is 129 Å². The van der Waals surface area contributed by atoms with Crippen molar-refractivity contribution in [1.29, 1.82) is 0 Å². The normalized spacial score (nSPS) is 12.6. The van der Waals surface area contributed by atoms with E-state index >= 15 is 0 Å². The molecule has 1 aliphatic rings. The lowest BCUT2D eigenvalue weighted by molar-refractivity contribution is 0.669. The quantitative estimate of drug-likeness (QED) is 0.145. The summed E-state index contributed by atoms with van der Waals surface area (Å²) in [5.74, 6) is 1.83. The molecule has 0 saturated carbocycles. The zero-order valence-corrected chi connectivity index (χ0v) is 38.4. The molecule has 0 aliphatic heterocycles. The van der Waals surface area contributed by atoms with E-state index in [1.165, 1.54) is 58.8 Å². The second-order valence-electron chi connectivity index (χ2n) is 17.4. The minimum Gasteiger partial charge on any atom is -0.456 e. The lowest BCUT2D eigenvalue weighted by atomic mass is 9.95. The minimum absolute atomic E-state index is 0.594. The van der Waals surface area contributed by atoms with Gasteiger partial charge in [-0.2, -0.15) is 0 Å². The molecule has 5 nitrogen and oxygen atoms in total. The lowest BCUT2D eigenvalue weighted by Crippen LogP contribution is -2.00. The Morgan fingerprint density at radius 1 is 0.544 bits per heavy atom. The van der Waals surface area contributed by atoms with Crippen molar-refractivity contribution < 1.29 is 4.42 Å². The molecule has 6 heteroatoms. The van der Waals surface area contributed by atoms with E-state index < -0.39 is 0 Å². The van der Waals surface area contributed by atoms with Crippen molar-refractivity contribution in [2.45, 2.75) is 20.3 Å². The van der Waals surface area contributed by atoms with Crippen LogP contribution in [0.25, 0.3) is 138 Å². The Morgan fingerprint density at radius 2 is 1.19 bits per heavy atom. The summed E-state index contributed by atoms with van der Waals surface area (Å²) in [6.07, 6.45) is 9.34.